The Hall–Kier alpha value is -1.37. The van der Waals surface area contributed by atoms with Gasteiger partial charge in [0.2, 0.25) is 0 Å². The van der Waals surface area contributed by atoms with Crippen LogP contribution in [0.25, 0.3) is 0 Å². The van der Waals surface area contributed by atoms with E-state index in [1.807, 2.05) is 19.1 Å². The van der Waals surface area contributed by atoms with Gasteiger partial charge in [-0.2, -0.15) is 5.26 Å². The minimum absolute atomic E-state index is 0.173. The van der Waals surface area contributed by atoms with Crippen molar-refractivity contribution in [1.82, 2.24) is 0 Å². The molecule has 1 aromatic carbocycles. The summed E-state index contributed by atoms with van der Waals surface area (Å²) in [4.78, 5) is 0. The first-order valence-corrected chi connectivity index (χ1v) is 4.15. The van der Waals surface area contributed by atoms with E-state index in [2.05, 4.69) is 6.07 Å². The molecule has 0 saturated heterocycles. The molecule has 13 heavy (non-hydrogen) atoms. The molecule has 0 bridgehead atoms. The van der Waals surface area contributed by atoms with Gasteiger partial charge in [-0.3, -0.25) is 0 Å². The van der Waals surface area contributed by atoms with Gasteiger partial charge in [-0.25, -0.2) is 0 Å². The highest BCUT2D eigenvalue weighted by Gasteiger charge is 2.05. The number of rotatable bonds is 2. The number of hydrogen-bond acceptors (Lipinski definition) is 3. The third kappa shape index (κ3) is 2.05. The molecule has 0 spiro atoms. The number of benzene rings is 1. The molecule has 3 nitrogen and oxygen atoms in total. The van der Waals surface area contributed by atoms with Crippen molar-refractivity contribution >= 4 is 0 Å². The van der Waals surface area contributed by atoms with Gasteiger partial charge in [0.25, 0.3) is 0 Å². The lowest BCUT2D eigenvalue weighted by Crippen LogP contribution is -2.20. The van der Waals surface area contributed by atoms with Crippen molar-refractivity contribution < 1.29 is 0 Å². The van der Waals surface area contributed by atoms with Crippen molar-refractivity contribution in [3.05, 3.63) is 34.9 Å². The van der Waals surface area contributed by atoms with Gasteiger partial charge < -0.3 is 11.5 Å². The number of hydrogen-bond donors (Lipinski definition) is 2. The lowest BCUT2D eigenvalue weighted by atomic mass is 10.0. The average Bonchev–Trinajstić information content (AvgIpc) is 2.17. The Morgan fingerprint density at radius 2 is 2.23 bits per heavy atom. The lowest BCUT2D eigenvalue weighted by molar-refractivity contribution is 0.736. The molecule has 3 heteroatoms. The number of nitrogens with two attached hydrogens (primary N) is 2. The first kappa shape index (κ1) is 9.72. The van der Waals surface area contributed by atoms with E-state index in [0.29, 0.717) is 12.1 Å². The van der Waals surface area contributed by atoms with Gasteiger partial charge in [-0.05, 0) is 24.1 Å². The Morgan fingerprint density at radius 1 is 1.54 bits per heavy atom. The molecule has 4 N–H and O–H groups in total. The zero-order valence-corrected chi connectivity index (χ0v) is 7.62. The largest absolute Gasteiger partial charge is 0.329 e. The molecule has 0 aliphatic heterocycles. The van der Waals surface area contributed by atoms with E-state index in [0.717, 1.165) is 11.1 Å². The SMILES string of the molecule is Cc1ccc([C@H](N)CN)cc1C#N. The second-order valence-electron chi connectivity index (χ2n) is 3.03. The molecule has 0 heterocycles. The summed E-state index contributed by atoms with van der Waals surface area (Å²) in [6, 6.07) is 7.55. The summed E-state index contributed by atoms with van der Waals surface area (Å²) in [5.41, 5.74) is 13.7. The standard InChI is InChI=1S/C10H13N3/c1-7-2-3-8(10(13)6-12)4-9(7)5-11/h2-4,10H,6,12-13H2,1H3/t10-/m1/s1. The predicted molar refractivity (Wildman–Crippen MR) is 51.9 cm³/mol. The Balaban J connectivity index is 3.08. The summed E-state index contributed by atoms with van der Waals surface area (Å²) < 4.78 is 0. The van der Waals surface area contributed by atoms with Crippen molar-refractivity contribution in [2.45, 2.75) is 13.0 Å². The van der Waals surface area contributed by atoms with Gasteiger partial charge in [0.1, 0.15) is 0 Å². The fourth-order valence-corrected chi connectivity index (χ4v) is 1.13. The van der Waals surface area contributed by atoms with Crippen molar-refractivity contribution in [2.24, 2.45) is 11.5 Å². The van der Waals surface area contributed by atoms with Gasteiger partial charge in [-0.1, -0.05) is 12.1 Å². The topological polar surface area (TPSA) is 75.8 Å². The van der Waals surface area contributed by atoms with E-state index in [1.165, 1.54) is 0 Å². The third-order valence-corrected chi connectivity index (χ3v) is 2.06. The molecule has 0 fully saturated rings. The summed E-state index contributed by atoms with van der Waals surface area (Å²) in [6.45, 7) is 2.30. The van der Waals surface area contributed by atoms with E-state index in [4.69, 9.17) is 16.7 Å². The van der Waals surface area contributed by atoms with E-state index < -0.39 is 0 Å². The maximum atomic E-state index is 8.78. The smallest absolute Gasteiger partial charge is 0.0994 e. The second kappa shape index (κ2) is 4.04. The fourth-order valence-electron chi connectivity index (χ4n) is 1.13. The highest BCUT2D eigenvalue weighted by Crippen LogP contribution is 2.14. The van der Waals surface area contributed by atoms with Crippen LogP contribution in [-0.2, 0) is 0 Å². The molecule has 68 valence electrons. The minimum Gasteiger partial charge on any atom is -0.329 e. The van der Waals surface area contributed by atoms with Crippen LogP contribution in [0.4, 0.5) is 0 Å². The molecule has 1 aromatic rings. The molecule has 1 atom stereocenters. The minimum atomic E-state index is -0.173. The summed E-state index contributed by atoms with van der Waals surface area (Å²) in [5, 5.41) is 8.78. The summed E-state index contributed by atoms with van der Waals surface area (Å²) in [6.07, 6.45) is 0. The van der Waals surface area contributed by atoms with Crippen LogP contribution in [0.2, 0.25) is 0 Å². The molecular weight excluding hydrogens is 162 g/mol. The van der Waals surface area contributed by atoms with Crippen LogP contribution in [0.15, 0.2) is 18.2 Å². The van der Waals surface area contributed by atoms with Gasteiger partial charge in [-0.15, -0.1) is 0 Å². The first-order chi connectivity index (χ1) is 6.19. The number of nitriles is 1. The highest BCUT2D eigenvalue weighted by molar-refractivity contribution is 5.40. The van der Waals surface area contributed by atoms with Crippen LogP contribution in [-0.4, -0.2) is 6.54 Å². The molecule has 0 radical (unpaired) electrons. The monoisotopic (exact) mass is 175 g/mol. The zero-order valence-electron chi connectivity index (χ0n) is 7.62. The quantitative estimate of drug-likeness (QED) is 0.698. The van der Waals surface area contributed by atoms with E-state index in [-0.39, 0.29) is 6.04 Å². The van der Waals surface area contributed by atoms with Crippen molar-refractivity contribution in [2.75, 3.05) is 6.54 Å². The Kier molecular flexibility index (Phi) is 3.02. The van der Waals surface area contributed by atoms with E-state index >= 15 is 0 Å². The van der Waals surface area contributed by atoms with Gasteiger partial charge >= 0.3 is 0 Å². The molecule has 0 saturated carbocycles. The molecule has 0 aliphatic carbocycles. The molecule has 0 unspecified atom stereocenters. The molecular formula is C10H13N3. The van der Waals surface area contributed by atoms with E-state index in [1.54, 1.807) is 6.07 Å². The van der Waals surface area contributed by atoms with Crippen LogP contribution >= 0.6 is 0 Å². The van der Waals surface area contributed by atoms with Gasteiger partial charge in [0.15, 0.2) is 0 Å². The number of aryl methyl sites for hydroxylation is 1. The van der Waals surface area contributed by atoms with Crippen LogP contribution in [0.1, 0.15) is 22.7 Å². The summed E-state index contributed by atoms with van der Waals surface area (Å²) in [7, 11) is 0. The molecule has 0 amide bonds. The van der Waals surface area contributed by atoms with Crippen LogP contribution < -0.4 is 11.5 Å². The highest BCUT2D eigenvalue weighted by atomic mass is 14.7. The third-order valence-electron chi connectivity index (χ3n) is 2.06. The maximum absolute atomic E-state index is 8.78. The zero-order chi connectivity index (χ0) is 9.84. The second-order valence-corrected chi connectivity index (χ2v) is 3.03. The van der Waals surface area contributed by atoms with Crippen LogP contribution in [0.3, 0.4) is 0 Å². The summed E-state index contributed by atoms with van der Waals surface area (Å²) >= 11 is 0. The molecule has 0 aromatic heterocycles. The fraction of sp³-hybridized carbons (Fsp3) is 0.300. The maximum Gasteiger partial charge on any atom is 0.0994 e. The normalized spacial score (nSPS) is 12.2. The number of nitrogens with zero attached hydrogens (tertiary/aromatic N) is 1. The Bertz CT molecular complexity index is 339. The summed E-state index contributed by atoms with van der Waals surface area (Å²) in [5.74, 6) is 0. The van der Waals surface area contributed by atoms with E-state index in [9.17, 15) is 0 Å². The average molecular weight is 175 g/mol. The van der Waals surface area contributed by atoms with Crippen molar-refractivity contribution in [3.8, 4) is 6.07 Å². The van der Waals surface area contributed by atoms with Gasteiger partial charge in [0, 0.05) is 12.6 Å². The van der Waals surface area contributed by atoms with Crippen molar-refractivity contribution in [1.29, 1.82) is 5.26 Å². The van der Waals surface area contributed by atoms with Crippen LogP contribution in [0.5, 0.6) is 0 Å². The van der Waals surface area contributed by atoms with Gasteiger partial charge in [0.05, 0.1) is 11.6 Å². The first-order valence-electron chi connectivity index (χ1n) is 4.15. The Morgan fingerprint density at radius 3 is 2.77 bits per heavy atom. The molecule has 1 rings (SSSR count). The lowest BCUT2D eigenvalue weighted by Gasteiger charge is -2.09. The molecule has 0 aliphatic rings. The Labute approximate surface area is 78.0 Å². The van der Waals surface area contributed by atoms with Crippen LogP contribution in [0, 0.1) is 18.3 Å². The van der Waals surface area contributed by atoms with Crippen molar-refractivity contribution in [3.63, 3.8) is 0 Å². The predicted octanol–water partition coefficient (Wildman–Crippen LogP) is 0.825.